The number of carbonyl (C=O) groups is 1. The van der Waals surface area contributed by atoms with Gasteiger partial charge in [-0.05, 0) is 47.2 Å². The lowest BCUT2D eigenvalue weighted by molar-refractivity contribution is -0.137. The minimum absolute atomic E-state index is 0.222. The molecule has 9 nitrogen and oxygen atoms in total. The number of nitrogens with one attached hydrogen (secondary N) is 2. The normalized spacial score (nSPS) is 15.5. The first-order valence-corrected chi connectivity index (χ1v) is 9.69. The van der Waals surface area contributed by atoms with Gasteiger partial charge in [0.25, 0.3) is 5.91 Å². The van der Waals surface area contributed by atoms with Gasteiger partial charge in [0.15, 0.2) is 0 Å². The van der Waals surface area contributed by atoms with Gasteiger partial charge in [-0.25, -0.2) is 0 Å². The van der Waals surface area contributed by atoms with Crippen molar-refractivity contribution in [2.24, 2.45) is 0 Å². The molecule has 0 bridgehead atoms. The second kappa shape index (κ2) is 8.45. The summed E-state index contributed by atoms with van der Waals surface area (Å²) in [5, 5.41) is 17.2. The first kappa shape index (κ1) is 22.1. The van der Waals surface area contributed by atoms with E-state index in [2.05, 4.69) is 26.2 Å². The Labute approximate surface area is 186 Å². The fraction of sp³-hybridized carbons (Fsp3) is 0.238. The highest BCUT2D eigenvalue weighted by Gasteiger charge is 2.35. The molecule has 172 valence electrons. The fourth-order valence-corrected chi connectivity index (χ4v) is 3.57. The van der Waals surface area contributed by atoms with Gasteiger partial charge in [0.1, 0.15) is 17.5 Å². The third kappa shape index (κ3) is 4.19. The molecule has 0 saturated heterocycles. The third-order valence-electron chi connectivity index (χ3n) is 5.17. The van der Waals surface area contributed by atoms with Crippen molar-refractivity contribution in [3.8, 4) is 11.5 Å². The molecule has 1 aliphatic heterocycles. The van der Waals surface area contributed by atoms with Crippen LogP contribution in [-0.4, -0.2) is 40.3 Å². The predicted molar refractivity (Wildman–Crippen MR) is 112 cm³/mol. The first-order valence-electron chi connectivity index (χ1n) is 9.69. The second-order valence-electron chi connectivity index (χ2n) is 7.15. The van der Waals surface area contributed by atoms with Crippen molar-refractivity contribution in [3.63, 3.8) is 0 Å². The average molecular weight is 460 g/mol. The summed E-state index contributed by atoms with van der Waals surface area (Å²) >= 11 is 0. The van der Waals surface area contributed by atoms with E-state index in [0.717, 1.165) is 12.1 Å². The van der Waals surface area contributed by atoms with E-state index >= 15 is 0 Å². The Balaban J connectivity index is 1.75. The molecule has 1 aliphatic rings. The number of tetrazole rings is 1. The van der Waals surface area contributed by atoms with Gasteiger partial charge in [-0.15, -0.1) is 0 Å². The number of halogens is 3. The number of amides is 1. The Morgan fingerprint density at radius 3 is 2.48 bits per heavy atom. The van der Waals surface area contributed by atoms with Crippen LogP contribution in [0.5, 0.6) is 11.5 Å². The topological polar surface area (TPSA) is 103 Å². The largest absolute Gasteiger partial charge is 0.497 e. The number of anilines is 2. The van der Waals surface area contributed by atoms with Gasteiger partial charge in [0.05, 0.1) is 31.0 Å². The number of allylic oxidation sites excluding steroid dienone is 1. The maximum atomic E-state index is 13.4. The molecule has 0 fully saturated rings. The van der Waals surface area contributed by atoms with Crippen molar-refractivity contribution in [1.29, 1.82) is 0 Å². The van der Waals surface area contributed by atoms with Gasteiger partial charge >= 0.3 is 6.18 Å². The van der Waals surface area contributed by atoms with E-state index in [1.165, 1.54) is 31.0 Å². The van der Waals surface area contributed by atoms with E-state index in [9.17, 15) is 18.0 Å². The van der Waals surface area contributed by atoms with Gasteiger partial charge in [-0.1, -0.05) is 17.2 Å². The number of rotatable bonds is 5. The molecular weight excluding hydrogens is 441 g/mol. The number of hydrogen-bond acceptors (Lipinski definition) is 7. The summed E-state index contributed by atoms with van der Waals surface area (Å²) in [6.07, 6.45) is -4.48. The quantitative estimate of drug-likeness (QED) is 0.599. The summed E-state index contributed by atoms with van der Waals surface area (Å²) in [6.45, 7) is 1.66. The van der Waals surface area contributed by atoms with Crippen LogP contribution < -0.4 is 20.1 Å². The number of alkyl halides is 3. The minimum Gasteiger partial charge on any atom is -0.497 e. The minimum atomic E-state index is -4.48. The number of carbonyl (C=O) groups excluding carboxylic acids is 1. The van der Waals surface area contributed by atoms with Gasteiger partial charge in [-0.3, -0.25) is 4.79 Å². The van der Waals surface area contributed by atoms with Crippen LogP contribution in [0.25, 0.3) is 0 Å². The molecule has 0 radical (unpaired) electrons. The molecule has 33 heavy (non-hydrogen) atoms. The number of nitrogens with zero attached hydrogens (tertiary/aromatic N) is 4. The zero-order chi connectivity index (χ0) is 23.8. The number of ether oxygens (including phenoxy) is 2. The molecule has 2 aromatic carbocycles. The highest BCUT2D eigenvalue weighted by molar-refractivity contribution is 6.06. The monoisotopic (exact) mass is 460 g/mol. The van der Waals surface area contributed by atoms with Crippen molar-refractivity contribution < 1.29 is 27.4 Å². The number of fused-ring (bicyclic) bond motifs is 1. The molecule has 2 heterocycles. The molecule has 1 amide bonds. The molecule has 0 saturated carbocycles. The van der Waals surface area contributed by atoms with Crippen LogP contribution in [0.4, 0.5) is 24.8 Å². The smallest absolute Gasteiger partial charge is 0.416 e. The highest BCUT2D eigenvalue weighted by Crippen LogP contribution is 2.37. The number of benzene rings is 2. The lowest BCUT2D eigenvalue weighted by Gasteiger charge is -2.28. The third-order valence-corrected chi connectivity index (χ3v) is 5.17. The lowest BCUT2D eigenvalue weighted by Crippen LogP contribution is -2.31. The van der Waals surface area contributed by atoms with Crippen LogP contribution >= 0.6 is 0 Å². The van der Waals surface area contributed by atoms with E-state index in [4.69, 9.17) is 9.47 Å². The zero-order valence-electron chi connectivity index (χ0n) is 17.8. The summed E-state index contributed by atoms with van der Waals surface area (Å²) in [6, 6.07) is 8.57. The number of aromatic nitrogens is 4. The van der Waals surface area contributed by atoms with Crippen LogP contribution in [-0.2, 0) is 11.0 Å². The van der Waals surface area contributed by atoms with Gasteiger partial charge < -0.3 is 20.1 Å². The standard InChI is InChI=1S/C21H19F3N6O3/c1-11-17(19(31)26-15-10-14(32-2)8-9-16(15)33-3)18(30-20(25-11)27-28-29-30)12-4-6-13(7-5-12)21(22,23)24/h4-10,18H,1-3H3,(H,26,31)(H,25,27,29). The van der Waals surface area contributed by atoms with Crippen LogP contribution in [0.3, 0.4) is 0 Å². The van der Waals surface area contributed by atoms with Crippen LogP contribution in [0.15, 0.2) is 53.7 Å². The summed E-state index contributed by atoms with van der Waals surface area (Å²) in [5.41, 5.74) is 0.627. The second-order valence-corrected chi connectivity index (χ2v) is 7.15. The van der Waals surface area contributed by atoms with Gasteiger partial charge in [-0.2, -0.15) is 17.9 Å². The summed E-state index contributed by atoms with van der Waals surface area (Å²) in [4.78, 5) is 13.4. The van der Waals surface area contributed by atoms with Crippen molar-refractivity contribution in [3.05, 3.63) is 64.9 Å². The van der Waals surface area contributed by atoms with Gasteiger partial charge in [0.2, 0.25) is 5.95 Å². The van der Waals surface area contributed by atoms with Crippen LogP contribution in [0.1, 0.15) is 24.1 Å². The van der Waals surface area contributed by atoms with Crippen LogP contribution in [0.2, 0.25) is 0 Å². The van der Waals surface area contributed by atoms with Crippen molar-refractivity contribution >= 4 is 17.5 Å². The fourth-order valence-electron chi connectivity index (χ4n) is 3.57. The molecule has 1 aromatic heterocycles. The van der Waals surface area contributed by atoms with Crippen molar-refractivity contribution in [2.75, 3.05) is 24.9 Å². The molecular formula is C21H19F3N6O3. The van der Waals surface area contributed by atoms with E-state index in [0.29, 0.717) is 28.4 Å². The Hall–Kier alpha value is -4.09. The highest BCUT2D eigenvalue weighted by atomic mass is 19.4. The molecule has 0 aliphatic carbocycles. The number of hydrogen-bond donors (Lipinski definition) is 2. The maximum absolute atomic E-state index is 13.4. The van der Waals surface area contributed by atoms with E-state index < -0.39 is 23.7 Å². The predicted octanol–water partition coefficient (Wildman–Crippen LogP) is 3.64. The van der Waals surface area contributed by atoms with Crippen molar-refractivity contribution in [2.45, 2.75) is 19.1 Å². The van der Waals surface area contributed by atoms with E-state index in [1.807, 2.05) is 0 Å². The molecule has 0 spiro atoms. The molecule has 1 atom stereocenters. The SMILES string of the molecule is COc1ccc(OC)c(NC(=O)C2=C(C)Nc3nnnn3C2c2ccc(C(F)(F)F)cc2)c1. The Morgan fingerprint density at radius 1 is 1.12 bits per heavy atom. The lowest BCUT2D eigenvalue weighted by atomic mass is 9.94. The Bertz CT molecular complexity index is 1220. The average Bonchev–Trinajstić information content (AvgIpc) is 3.25. The Morgan fingerprint density at radius 2 is 1.85 bits per heavy atom. The summed E-state index contributed by atoms with van der Waals surface area (Å²) in [7, 11) is 2.95. The zero-order valence-corrected chi connectivity index (χ0v) is 17.8. The summed E-state index contributed by atoms with van der Waals surface area (Å²) < 4.78 is 51.0. The summed E-state index contributed by atoms with van der Waals surface area (Å²) in [5.74, 6) is 0.645. The maximum Gasteiger partial charge on any atom is 0.416 e. The molecule has 3 aromatic rings. The first-order chi connectivity index (χ1) is 15.7. The van der Waals surface area contributed by atoms with E-state index in [-0.39, 0.29) is 11.5 Å². The number of methoxy groups -OCH3 is 2. The molecule has 2 N–H and O–H groups in total. The molecule has 1 unspecified atom stereocenters. The van der Waals surface area contributed by atoms with E-state index in [1.54, 1.807) is 25.1 Å². The van der Waals surface area contributed by atoms with Gasteiger partial charge in [0, 0.05) is 11.8 Å². The van der Waals surface area contributed by atoms with Crippen LogP contribution in [0, 0.1) is 0 Å². The molecule has 4 rings (SSSR count). The molecule has 12 heteroatoms. The van der Waals surface area contributed by atoms with Crippen molar-refractivity contribution in [1.82, 2.24) is 20.2 Å². The Kier molecular flexibility index (Phi) is 5.66.